The highest BCUT2D eigenvalue weighted by molar-refractivity contribution is 7.21. The van der Waals surface area contributed by atoms with Crippen LogP contribution in [0.15, 0.2) is 66.9 Å². The second-order valence-corrected chi connectivity index (χ2v) is 6.11. The lowest BCUT2D eigenvalue weighted by Gasteiger charge is -2.06. The summed E-state index contributed by atoms with van der Waals surface area (Å²) in [4.78, 5) is 8.75. The van der Waals surface area contributed by atoms with E-state index >= 15 is 0 Å². The minimum atomic E-state index is 0.313. The van der Waals surface area contributed by atoms with Gasteiger partial charge in [-0.25, -0.2) is 9.97 Å². The molecule has 5 heteroatoms. The maximum Gasteiger partial charge on any atom is 0.237 e. The molecule has 2 aromatic heterocycles. The summed E-state index contributed by atoms with van der Waals surface area (Å²) in [6.45, 7) is 0. The van der Waals surface area contributed by atoms with Gasteiger partial charge in [-0.2, -0.15) is 5.26 Å². The molecule has 0 aliphatic heterocycles. The fraction of sp³-hybridized carbons (Fsp3) is 0. The Morgan fingerprint density at radius 1 is 0.958 bits per heavy atom. The number of fused-ring (bicyclic) bond motifs is 1. The summed E-state index contributed by atoms with van der Waals surface area (Å²) >= 11 is 1.66. The van der Waals surface area contributed by atoms with Gasteiger partial charge in [0.1, 0.15) is 22.4 Å². The van der Waals surface area contributed by atoms with Crippen LogP contribution in [0.25, 0.3) is 20.8 Å². The van der Waals surface area contributed by atoms with Crippen LogP contribution in [-0.2, 0) is 0 Å². The Hall–Kier alpha value is -3.23. The average Bonchev–Trinajstić information content (AvgIpc) is 3.07. The zero-order chi connectivity index (χ0) is 16.4. The Bertz CT molecular complexity index is 1020. The zero-order valence-electron chi connectivity index (χ0n) is 12.5. The van der Waals surface area contributed by atoms with Crippen molar-refractivity contribution in [2.24, 2.45) is 0 Å². The minimum absolute atomic E-state index is 0.313. The highest BCUT2D eigenvalue weighted by atomic mass is 32.1. The molecule has 0 spiro atoms. The third-order valence-electron chi connectivity index (χ3n) is 3.50. The van der Waals surface area contributed by atoms with Crippen LogP contribution in [0.2, 0.25) is 0 Å². The van der Waals surface area contributed by atoms with Gasteiger partial charge < -0.3 is 4.74 Å². The molecule has 0 saturated heterocycles. The molecule has 24 heavy (non-hydrogen) atoms. The number of aromatic nitrogens is 2. The zero-order valence-corrected chi connectivity index (χ0v) is 13.3. The van der Waals surface area contributed by atoms with Gasteiger partial charge in [0.05, 0.1) is 10.2 Å². The quantitative estimate of drug-likeness (QED) is 0.529. The van der Waals surface area contributed by atoms with Crippen molar-refractivity contribution in [3.63, 3.8) is 0 Å². The van der Waals surface area contributed by atoms with E-state index in [0.717, 1.165) is 16.1 Å². The second kappa shape index (κ2) is 6.11. The number of pyridine rings is 1. The van der Waals surface area contributed by atoms with Gasteiger partial charge in [0.2, 0.25) is 5.88 Å². The number of rotatable bonds is 3. The Balaban J connectivity index is 1.62. The van der Waals surface area contributed by atoms with Gasteiger partial charge in [0.15, 0.2) is 0 Å². The van der Waals surface area contributed by atoms with Crippen molar-refractivity contribution in [1.29, 1.82) is 5.26 Å². The molecule has 4 rings (SSSR count). The number of nitriles is 1. The molecule has 0 radical (unpaired) electrons. The maximum absolute atomic E-state index is 9.08. The first kappa shape index (κ1) is 14.4. The van der Waals surface area contributed by atoms with Gasteiger partial charge in [0.25, 0.3) is 0 Å². The van der Waals surface area contributed by atoms with E-state index in [1.165, 1.54) is 4.70 Å². The molecular weight excluding hydrogens is 318 g/mol. The SMILES string of the molecule is N#Cc1cccnc1Oc1ccc(-c2nc3ccccc3s2)cc1. The number of nitrogens with zero attached hydrogens (tertiary/aromatic N) is 3. The summed E-state index contributed by atoms with van der Waals surface area (Å²) in [7, 11) is 0. The monoisotopic (exact) mass is 329 g/mol. The van der Waals surface area contributed by atoms with Crippen molar-refractivity contribution in [2.45, 2.75) is 0 Å². The third kappa shape index (κ3) is 2.71. The molecule has 4 nitrogen and oxygen atoms in total. The molecule has 0 N–H and O–H groups in total. The average molecular weight is 329 g/mol. The summed E-state index contributed by atoms with van der Waals surface area (Å²) < 4.78 is 6.87. The minimum Gasteiger partial charge on any atom is -0.438 e. The summed E-state index contributed by atoms with van der Waals surface area (Å²) in [6, 6.07) is 21.2. The highest BCUT2D eigenvalue weighted by Gasteiger charge is 2.08. The Labute approximate surface area is 142 Å². The van der Waals surface area contributed by atoms with Gasteiger partial charge in [-0.15, -0.1) is 11.3 Å². The molecule has 0 amide bonds. The molecule has 2 aromatic carbocycles. The first-order valence-corrected chi connectivity index (χ1v) is 8.14. The molecule has 0 aliphatic carbocycles. The van der Waals surface area contributed by atoms with E-state index in [9.17, 15) is 0 Å². The molecule has 0 fully saturated rings. The first-order chi connectivity index (χ1) is 11.8. The van der Waals surface area contributed by atoms with E-state index in [2.05, 4.69) is 22.1 Å². The summed E-state index contributed by atoms with van der Waals surface area (Å²) in [5, 5.41) is 10.1. The van der Waals surface area contributed by atoms with Crippen LogP contribution in [0.5, 0.6) is 11.6 Å². The predicted molar refractivity (Wildman–Crippen MR) is 94.1 cm³/mol. The third-order valence-corrected chi connectivity index (χ3v) is 4.59. The number of thiazole rings is 1. The van der Waals surface area contributed by atoms with Crippen LogP contribution in [0.3, 0.4) is 0 Å². The fourth-order valence-corrected chi connectivity index (χ4v) is 3.30. The summed E-state index contributed by atoms with van der Waals surface area (Å²) in [6.07, 6.45) is 1.60. The largest absolute Gasteiger partial charge is 0.438 e. The van der Waals surface area contributed by atoms with Crippen LogP contribution < -0.4 is 4.74 Å². The molecule has 0 bridgehead atoms. The van der Waals surface area contributed by atoms with Crippen molar-refractivity contribution in [2.75, 3.05) is 0 Å². The van der Waals surface area contributed by atoms with Gasteiger partial charge in [-0.3, -0.25) is 0 Å². The van der Waals surface area contributed by atoms with Crippen molar-refractivity contribution in [3.8, 4) is 28.3 Å². The van der Waals surface area contributed by atoms with Crippen LogP contribution >= 0.6 is 11.3 Å². The standard InChI is InChI=1S/C19H11N3OS/c20-12-14-4-3-11-21-18(14)23-15-9-7-13(8-10-15)19-22-16-5-1-2-6-17(16)24-19/h1-11H. The van der Waals surface area contributed by atoms with Crippen LogP contribution in [-0.4, -0.2) is 9.97 Å². The lowest BCUT2D eigenvalue weighted by Crippen LogP contribution is -1.91. The number of benzene rings is 2. The fourth-order valence-electron chi connectivity index (χ4n) is 2.33. The Kier molecular flexibility index (Phi) is 3.66. The molecule has 2 heterocycles. The van der Waals surface area contributed by atoms with E-state index in [4.69, 9.17) is 10.00 Å². The van der Waals surface area contributed by atoms with Gasteiger partial charge in [0, 0.05) is 11.8 Å². The molecule has 0 aliphatic rings. The highest BCUT2D eigenvalue weighted by Crippen LogP contribution is 2.31. The molecule has 0 unspecified atom stereocenters. The number of hydrogen-bond acceptors (Lipinski definition) is 5. The van der Waals surface area contributed by atoms with E-state index in [1.807, 2.05) is 42.5 Å². The van der Waals surface area contributed by atoms with E-state index in [-0.39, 0.29) is 0 Å². The second-order valence-electron chi connectivity index (χ2n) is 5.08. The van der Waals surface area contributed by atoms with Crippen molar-refractivity contribution in [1.82, 2.24) is 9.97 Å². The first-order valence-electron chi connectivity index (χ1n) is 7.32. The van der Waals surface area contributed by atoms with Gasteiger partial charge in [-0.05, 0) is 48.5 Å². The summed E-state index contributed by atoms with van der Waals surface area (Å²) in [5.41, 5.74) is 2.45. The van der Waals surface area contributed by atoms with Gasteiger partial charge >= 0.3 is 0 Å². The maximum atomic E-state index is 9.08. The number of hydrogen-bond donors (Lipinski definition) is 0. The van der Waals surface area contributed by atoms with Crippen LogP contribution in [0, 0.1) is 11.3 Å². The molecule has 4 aromatic rings. The smallest absolute Gasteiger partial charge is 0.237 e. The normalized spacial score (nSPS) is 10.5. The van der Waals surface area contributed by atoms with Crippen molar-refractivity contribution in [3.05, 3.63) is 72.4 Å². The van der Waals surface area contributed by atoms with Crippen LogP contribution in [0.4, 0.5) is 0 Å². The van der Waals surface area contributed by atoms with E-state index < -0.39 is 0 Å². The lowest BCUT2D eigenvalue weighted by atomic mass is 10.2. The van der Waals surface area contributed by atoms with E-state index in [1.54, 1.807) is 29.7 Å². The Morgan fingerprint density at radius 2 is 1.79 bits per heavy atom. The molecule has 114 valence electrons. The van der Waals surface area contributed by atoms with E-state index in [0.29, 0.717) is 17.2 Å². The van der Waals surface area contributed by atoms with Crippen molar-refractivity contribution < 1.29 is 4.74 Å². The Morgan fingerprint density at radius 3 is 2.58 bits per heavy atom. The van der Waals surface area contributed by atoms with Crippen molar-refractivity contribution >= 4 is 21.6 Å². The molecular formula is C19H11N3OS. The summed E-state index contributed by atoms with van der Waals surface area (Å²) in [5.74, 6) is 0.947. The predicted octanol–water partition coefficient (Wildman–Crippen LogP) is 5.02. The number of para-hydroxylation sites is 1. The number of ether oxygens (including phenoxy) is 1. The van der Waals surface area contributed by atoms with Crippen LogP contribution in [0.1, 0.15) is 5.56 Å². The lowest BCUT2D eigenvalue weighted by molar-refractivity contribution is 0.461. The molecule has 0 saturated carbocycles. The topological polar surface area (TPSA) is 58.8 Å². The van der Waals surface area contributed by atoms with Gasteiger partial charge in [-0.1, -0.05) is 12.1 Å². The molecule has 0 atom stereocenters.